The summed E-state index contributed by atoms with van der Waals surface area (Å²) in [5.74, 6) is 0.0311. The SMILES string of the molecule is CC1(C)CCC(CNCCNc2ccc(C(=O)NS(=O)(=O)c3ccc(NCC4CCCNC4)c(NO)c3)c(Oc3cnc4[nH]ccc4c3)c2)=C(c2ccc(Cl)cc2)C1. The van der Waals surface area contributed by atoms with E-state index in [1.807, 2.05) is 18.2 Å². The first kappa shape index (κ1) is 41.1. The van der Waals surface area contributed by atoms with Gasteiger partial charge in [0.15, 0.2) is 0 Å². The van der Waals surface area contributed by atoms with Gasteiger partial charge >= 0.3 is 0 Å². The van der Waals surface area contributed by atoms with Crippen LogP contribution in [0.5, 0.6) is 11.5 Å². The summed E-state index contributed by atoms with van der Waals surface area (Å²) in [7, 11) is -4.37. The zero-order chi connectivity index (χ0) is 40.7. The normalized spacial score (nSPS) is 16.9. The van der Waals surface area contributed by atoms with Gasteiger partial charge in [-0.25, -0.2) is 18.1 Å². The van der Waals surface area contributed by atoms with Crippen LogP contribution in [0.1, 0.15) is 61.9 Å². The summed E-state index contributed by atoms with van der Waals surface area (Å²) in [6.07, 6.45) is 8.61. The lowest BCUT2D eigenvalue weighted by Gasteiger charge is -2.34. The highest BCUT2D eigenvalue weighted by atomic mass is 35.5. The number of anilines is 3. The molecule has 1 aliphatic heterocycles. The number of allylic oxidation sites excluding steroid dienone is 1. The lowest BCUT2D eigenvalue weighted by Crippen LogP contribution is -2.33. The van der Waals surface area contributed by atoms with Crippen LogP contribution in [0.25, 0.3) is 16.6 Å². The number of pyridine rings is 1. The van der Waals surface area contributed by atoms with Crippen molar-refractivity contribution in [2.75, 3.05) is 55.4 Å². The molecule has 7 rings (SSSR count). The van der Waals surface area contributed by atoms with E-state index in [1.165, 1.54) is 41.1 Å². The minimum absolute atomic E-state index is 0.00295. The number of H-pyrrole nitrogens is 1. The summed E-state index contributed by atoms with van der Waals surface area (Å²) >= 11 is 6.19. The zero-order valence-corrected chi connectivity index (χ0v) is 34.3. The molecule has 1 aliphatic carbocycles. The number of aromatic nitrogens is 2. The van der Waals surface area contributed by atoms with E-state index in [0.717, 1.165) is 62.1 Å². The van der Waals surface area contributed by atoms with Gasteiger partial charge in [0.05, 0.1) is 28.0 Å². The molecule has 306 valence electrons. The molecule has 58 heavy (non-hydrogen) atoms. The highest BCUT2D eigenvalue weighted by Crippen LogP contribution is 2.43. The Bertz CT molecular complexity index is 2380. The van der Waals surface area contributed by atoms with Crippen LogP contribution in [-0.4, -0.2) is 68.8 Å². The molecule has 0 bridgehead atoms. The smallest absolute Gasteiger partial charge is 0.268 e. The maximum Gasteiger partial charge on any atom is 0.268 e. The van der Waals surface area contributed by atoms with Crippen LogP contribution in [0.15, 0.2) is 95.7 Å². The monoisotopic (exact) mass is 826 g/mol. The number of nitrogens with one attached hydrogen (secondary N) is 7. The molecule has 2 aromatic heterocycles. The van der Waals surface area contributed by atoms with Gasteiger partial charge in [-0.15, -0.1) is 0 Å². The number of carbonyl (C=O) groups excluding carboxylic acids is 1. The fourth-order valence-corrected chi connectivity index (χ4v) is 8.67. The summed E-state index contributed by atoms with van der Waals surface area (Å²) in [6, 6.07) is 20.9. The van der Waals surface area contributed by atoms with Gasteiger partial charge in [0.25, 0.3) is 15.9 Å². The standard InChI is InChI=1S/C43H51ClN8O5S/c1-43(2)15-13-31(37(23-43)29-5-7-32(44)8-6-29)26-46-18-19-47-33-9-11-36(40(21-33)57-34-20-30-14-17-48-41(30)50-27-34)42(53)52-58(55,56)35-10-12-38(39(22-35)51-54)49-25-28-4-3-16-45-24-28/h5-12,14,17,20-22,27-28,45-47,49,51,54H,3-4,13,15-16,18-19,23-26H2,1-2H3,(H,48,50)(H,52,53). The Kier molecular flexibility index (Phi) is 12.9. The van der Waals surface area contributed by atoms with Crippen molar-refractivity contribution < 1.29 is 23.2 Å². The van der Waals surface area contributed by atoms with Gasteiger partial charge in [0.1, 0.15) is 17.1 Å². The average molecular weight is 827 g/mol. The Balaban J connectivity index is 1.04. The Labute approximate surface area is 344 Å². The van der Waals surface area contributed by atoms with E-state index >= 15 is 0 Å². The number of piperidine rings is 1. The molecule has 1 fully saturated rings. The molecule has 13 nitrogen and oxygen atoms in total. The number of benzene rings is 3. The third-order valence-electron chi connectivity index (χ3n) is 10.8. The number of hydrogen-bond acceptors (Lipinski definition) is 11. The van der Waals surface area contributed by atoms with Gasteiger partial charge in [0.2, 0.25) is 0 Å². The van der Waals surface area contributed by atoms with E-state index in [2.05, 4.69) is 67.4 Å². The minimum atomic E-state index is -4.37. The third-order valence-corrected chi connectivity index (χ3v) is 12.4. The molecule has 1 amide bonds. The number of hydrogen-bond donors (Lipinski definition) is 8. The largest absolute Gasteiger partial charge is 0.455 e. The molecule has 1 saturated heterocycles. The molecule has 5 aromatic rings. The first-order chi connectivity index (χ1) is 28.0. The van der Waals surface area contributed by atoms with Crippen LogP contribution in [0, 0.1) is 11.3 Å². The maximum atomic E-state index is 13.7. The summed E-state index contributed by atoms with van der Waals surface area (Å²) in [5, 5.41) is 25.1. The van der Waals surface area contributed by atoms with Crippen molar-refractivity contribution in [3.63, 3.8) is 0 Å². The van der Waals surface area contributed by atoms with Crippen molar-refractivity contribution in [2.24, 2.45) is 11.3 Å². The fraction of sp³-hybridized carbons (Fsp3) is 0.349. The third kappa shape index (κ3) is 10.3. The number of ether oxygens (including phenoxy) is 1. The maximum absolute atomic E-state index is 13.7. The van der Waals surface area contributed by atoms with Crippen LogP contribution in [0.4, 0.5) is 17.1 Å². The summed E-state index contributed by atoms with van der Waals surface area (Å²) < 4.78 is 35.5. The first-order valence-electron chi connectivity index (χ1n) is 19.7. The first-order valence-corrected chi connectivity index (χ1v) is 21.5. The van der Waals surface area contributed by atoms with E-state index in [1.54, 1.807) is 30.5 Å². The molecule has 2 aliphatic rings. The van der Waals surface area contributed by atoms with Gasteiger partial charge in [-0.3, -0.25) is 15.5 Å². The van der Waals surface area contributed by atoms with Gasteiger partial charge < -0.3 is 31.0 Å². The molecule has 0 spiro atoms. The number of carbonyl (C=O) groups is 1. The minimum Gasteiger partial charge on any atom is -0.455 e. The Hall–Kier alpha value is -5.12. The highest BCUT2D eigenvalue weighted by Gasteiger charge is 2.28. The molecule has 3 heterocycles. The molecule has 0 saturated carbocycles. The molecule has 0 radical (unpaired) electrons. The van der Waals surface area contributed by atoms with E-state index in [0.29, 0.717) is 48.3 Å². The van der Waals surface area contributed by atoms with Crippen LogP contribution >= 0.6 is 11.6 Å². The predicted molar refractivity (Wildman–Crippen MR) is 231 cm³/mol. The van der Waals surface area contributed by atoms with Crippen molar-refractivity contribution in [1.29, 1.82) is 0 Å². The van der Waals surface area contributed by atoms with E-state index in [9.17, 15) is 18.4 Å². The average Bonchev–Trinajstić information content (AvgIpc) is 3.69. The molecule has 3 aromatic carbocycles. The topological polar surface area (TPSA) is 182 Å². The fourth-order valence-electron chi connectivity index (χ4n) is 7.55. The predicted octanol–water partition coefficient (Wildman–Crippen LogP) is 8.01. The summed E-state index contributed by atoms with van der Waals surface area (Å²) in [5.41, 5.74) is 8.37. The lowest BCUT2D eigenvalue weighted by molar-refractivity contribution is 0.0979. The van der Waals surface area contributed by atoms with Gasteiger partial charge in [-0.1, -0.05) is 43.2 Å². The van der Waals surface area contributed by atoms with Gasteiger partial charge in [-0.2, -0.15) is 0 Å². The Morgan fingerprint density at radius 3 is 2.66 bits per heavy atom. The number of nitrogens with zero attached hydrogens (tertiary/aromatic N) is 1. The van der Waals surface area contributed by atoms with Crippen LogP contribution < -0.4 is 36.2 Å². The van der Waals surface area contributed by atoms with Crippen molar-refractivity contribution in [1.82, 2.24) is 25.3 Å². The van der Waals surface area contributed by atoms with E-state index in [4.69, 9.17) is 16.3 Å². The molecular formula is C43H51ClN8O5S. The highest BCUT2D eigenvalue weighted by molar-refractivity contribution is 7.90. The molecular weight excluding hydrogens is 776 g/mol. The van der Waals surface area contributed by atoms with Crippen molar-refractivity contribution in [3.05, 3.63) is 107 Å². The van der Waals surface area contributed by atoms with E-state index < -0.39 is 15.9 Å². The zero-order valence-electron chi connectivity index (χ0n) is 32.8. The van der Waals surface area contributed by atoms with Crippen LogP contribution in [0.2, 0.25) is 5.02 Å². The number of rotatable bonds is 16. The second-order valence-corrected chi connectivity index (χ2v) is 17.9. The number of fused-ring (bicyclic) bond motifs is 1. The molecule has 1 unspecified atom stereocenters. The van der Waals surface area contributed by atoms with Crippen molar-refractivity contribution >= 4 is 61.2 Å². The van der Waals surface area contributed by atoms with Gasteiger partial charge in [0, 0.05) is 54.5 Å². The second-order valence-electron chi connectivity index (χ2n) is 15.8. The van der Waals surface area contributed by atoms with Crippen LogP contribution in [0.3, 0.4) is 0 Å². The molecule has 8 N–H and O–H groups in total. The van der Waals surface area contributed by atoms with Crippen molar-refractivity contribution in [3.8, 4) is 11.5 Å². The number of amides is 1. The lowest BCUT2D eigenvalue weighted by atomic mass is 9.72. The molecule has 1 atom stereocenters. The molecule has 15 heteroatoms. The van der Waals surface area contributed by atoms with Crippen molar-refractivity contribution in [2.45, 2.75) is 50.8 Å². The van der Waals surface area contributed by atoms with Gasteiger partial charge in [-0.05, 0) is 122 Å². The second kappa shape index (κ2) is 18.2. The quantitative estimate of drug-likeness (QED) is 0.0357. The van der Waals surface area contributed by atoms with Crippen LogP contribution in [-0.2, 0) is 10.0 Å². The Morgan fingerprint density at radius 2 is 1.86 bits per heavy atom. The van der Waals surface area contributed by atoms with E-state index in [-0.39, 0.29) is 27.3 Å². The summed E-state index contributed by atoms with van der Waals surface area (Å²) in [4.78, 5) is 21.0. The Morgan fingerprint density at radius 1 is 1.02 bits per heavy atom. The number of sulfonamides is 1. The summed E-state index contributed by atoms with van der Waals surface area (Å²) in [6.45, 7) is 9.18. The number of aromatic amines is 1. The number of halogens is 1.